The average molecular weight is 716 g/mol. The third-order valence-corrected chi connectivity index (χ3v) is 8.16. The molecule has 0 saturated carbocycles. The third-order valence-electron chi connectivity index (χ3n) is 7.70. The van der Waals surface area contributed by atoms with E-state index in [0.717, 1.165) is 5.69 Å². The minimum Gasteiger partial charge on any atom is -0.480 e. The summed E-state index contributed by atoms with van der Waals surface area (Å²) in [4.78, 5) is 23.7. The van der Waals surface area contributed by atoms with E-state index in [0.29, 0.717) is 70.2 Å². The number of anilines is 1. The molecule has 3 aromatic heterocycles. The van der Waals surface area contributed by atoms with Gasteiger partial charge in [-0.2, -0.15) is 0 Å². The van der Waals surface area contributed by atoms with Crippen LogP contribution in [0, 0.1) is 0 Å². The Morgan fingerprint density at radius 1 is 1.06 bits per heavy atom. The fourth-order valence-corrected chi connectivity index (χ4v) is 5.42. The maximum Gasteiger partial charge on any atom is 0.320 e. The summed E-state index contributed by atoms with van der Waals surface area (Å²) in [6, 6.07) is -1.51. The maximum atomic E-state index is 11.4. The van der Waals surface area contributed by atoms with Crippen LogP contribution in [-0.4, -0.2) is 143 Å². The molecule has 0 amide bonds. The van der Waals surface area contributed by atoms with E-state index in [4.69, 9.17) is 50.5 Å². The van der Waals surface area contributed by atoms with E-state index >= 15 is 0 Å². The fourth-order valence-electron chi connectivity index (χ4n) is 5.16. The van der Waals surface area contributed by atoms with Gasteiger partial charge in [-0.25, -0.2) is 28.6 Å². The van der Waals surface area contributed by atoms with Crippen molar-refractivity contribution >= 4 is 34.2 Å². The standard InChI is InChI=1S/C27H45N11O10S/c28-17(1-2-19(29)27(40)41)13-20-22(39)23(26(48-20)37-16-33-21-24(30)31-15-32-25(21)37)47-6-3-18-14-34-36-38(18)5-8-45-10-12-46-11-9-44-7-4-35-49(42)43/h14-17,19-20,22-23,26,35,39H,1-13,28-29H2,(H,40,41)(H,42,43)(H2,30,31,32)/t17-,19-,20+,22+,23+,26+/m0/s1. The molecule has 0 spiro atoms. The summed E-state index contributed by atoms with van der Waals surface area (Å²) in [5, 5.41) is 28.6. The molecule has 22 heteroatoms. The number of carbonyl (C=O) groups is 1. The summed E-state index contributed by atoms with van der Waals surface area (Å²) in [5.41, 5.74) is 19.5. The number of hydrogen-bond donors (Lipinski definition) is 7. The predicted molar refractivity (Wildman–Crippen MR) is 172 cm³/mol. The van der Waals surface area contributed by atoms with Gasteiger partial charge in [0.15, 0.2) is 17.7 Å². The molecular formula is C27H45N11O10S. The zero-order valence-corrected chi connectivity index (χ0v) is 27.7. The van der Waals surface area contributed by atoms with Gasteiger partial charge >= 0.3 is 5.97 Å². The number of aliphatic hydroxyl groups excluding tert-OH is 1. The Bertz CT molecular complexity index is 1470. The molecule has 0 aliphatic carbocycles. The number of nitrogens with one attached hydrogen (secondary N) is 1. The first-order chi connectivity index (χ1) is 23.7. The van der Waals surface area contributed by atoms with E-state index in [-0.39, 0.29) is 31.8 Å². The second-order valence-electron chi connectivity index (χ2n) is 11.2. The Kier molecular flexibility index (Phi) is 15.5. The van der Waals surface area contributed by atoms with Gasteiger partial charge < -0.3 is 51.1 Å². The van der Waals surface area contributed by atoms with E-state index in [1.165, 1.54) is 12.7 Å². The van der Waals surface area contributed by atoms with Crippen LogP contribution in [-0.2, 0) is 52.7 Å². The van der Waals surface area contributed by atoms with Crippen LogP contribution in [0.5, 0.6) is 0 Å². The van der Waals surface area contributed by atoms with Gasteiger partial charge in [0.25, 0.3) is 0 Å². The van der Waals surface area contributed by atoms with E-state index in [2.05, 4.69) is 30.0 Å². The van der Waals surface area contributed by atoms with Crippen molar-refractivity contribution in [3.05, 3.63) is 24.5 Å². The number of rotatable bonds is 24. The van der Waals surface area contributed by atoms with Crippen LogP contribution in [0.4, 0.5) is 5.82 Å². The lowest BCUT2D eigenvalue weighted by molar-refractivity contribution is -0.138. The quantitative estimate of drug-likeness (QED) is 0.0374. The lowest BCUT2D eigenvalue weighted by Gasteiger charge is -2.22. The Morgan fingerprint density at radius 3 is 2.53 bits per heavy atom. The lowest BCUT2D eigenvalue weighted by atomic mass is 9.98. The van der Waals surface area contributed by atoms with Crippen LogP contribution in [0.3, 0.4) is 0 Å². The molecule has 0 bridgehead atoms. The summed E-state index contributed by atoms with van der Waals surface area (Å²) in [6.45, 7) is 3.04. The number of ether oxygens (including phenoxy) is 5. The number of imidazole rings is 1. The van der Waals surface area contributed by atoms with Crippen molar-refractivity contribution in [3.63, 3.8) is 0 Å². The Balaban J connectivity index is 1.25. The molecular weight excluding hydrogens is 670 g/mol. The van der Waals surface area contributed by atoms with Crippen LogP contribution in [0.25, 0.3) is 11.2 Å². The number of nitrogens with two attached hydrogens (primary N) is 3. The predicted octanol–water partition coefficient (Wildman–Crippen LogP) is -2.43. The number of nitrogens with zero attached hydrogens (tertiary/aromatic N) is 7. The van der Waals surface area contributed by atoms with E-state index < -0.39 is 53.9 Å². The second kappa shape index (κ2) is 19.8. The number of aromatic nitrogens is 7. The van der Waals surface area contributed by atoms with Crippen LogP contribution in [0.2, 0.25) is 0 Å². The van der Waals surface area contributed by atoms with Crippen molar-refractivity contribution in [3.8, 4) is 0 Å². The summed E-state index contributed by atoms with van der Waals surface area (Å²) in [6.07, 6.45) is 2.12. The molecule has 21 nitrogen and oxygen atoms in total. The highest BCUT2D eigenvalue weighted by Gasteiger charge is 2.46. The second-order valence-corrected chi connectivity index (χ2v) is 12.0. The average Bonchev–Trinajstić information content (AvgIpc) is 3.78. The summed E-state index contributed by atoms with van der Waals surface area (Å²) < 4.78 is 53.6. The number of fused-ring (bicyclic) bond motifs is 1. The monoisotopic (exact) mass is 715 g/mol. The molecule has 1 aliphatic rings. The number of aliphatic carboxylic acids is 1. The molecule has 0 aromatic carbocycles. The molecule has 1 fully saturated rings. The molecule has 1 saturated heterocycles. The first-order valence-corrected chi connectivity index (χ1v) is 16.8. The summed E-state index contributed by atoms with van der Waals surface area (Å²) >= 11 is -2.05. The van der Waals surface area contributed by atoms with Crippen molar-refractivity contribution in [2.75, 3.05) is 58.5 Å². The Hall–Kier alpha value is -3.29. The Labute approximate surface area is 284 Å². The first kappa shape index (κ1) is 38.5. The molecule has 1 aliphatic heterocycles. The normalized spacial score (nSPS) is 21.3. The van der Waals surface area contributed by atoms with Crippen LogP contribution >= 0.6 is 0 Å². The number of nitrogen functional groups attached to an aromatic ring is 1. The maximum absolute atomic E-state index is 11.4. The molecule has 0 radical (unpaired) electrons. The van der Waals surface area contributed by atoms with Crippen molar-refractivity contribution in [1.29, 1.82) is 0 Å². The van der Waals surface area contributed by atoms with Crippen molar-refractivity contribution in [2.24, 2.45) is 11.5 Å². The number of hydrogen-bond acceptors (Lipinski definition) is 16. The molecule has 274 valence electrons. The molecule has 3 aromatic rings. The fraction of sp³-hybridized carbons (Fsp3) is 0.704. The summed E-state index contributed by atoms with van der Waals surface area (Å²) in [5.74, 6) is -0.911. The molecule has 10 N–H and O–H groups in total. The summed E-state index contributed by atoms with van der Waals surface area (Å²) in [7, 11) is 0. The minimum atomic E-state index is -2.05. The van der Waals surface area contributed by atoms with Crippen molar-refractivity contribution in [1.82, 2.24) is 39.2 Å². The topological polar surface area (TPSA) is 305 Å². The van der Waals surface area contributed by atoms with E-state index in [1.54, 1.807) is 15.4 Å². The van der Waals surface area contributed by atoms with Crippen molar-refractivity contribution in [2.45, 2.75) is 68.9 Å². The third kappa shape index (κ3) is 11.6. The van der Waals surface area contributed by atoms with Crippen molar-refractivity contribution < 1.29 is 47.5 Å². The van der Waals surface area contributed by atoms with Crippen LogP contribution in [0.1, 0.15) is 31.2 Å². The van der Waals surface area contributed by atoms with Gasteiger partial charge in [-0.1, -0.05) is 5.21 Å². The van der Waals surface area contributed by atoms with Gasteiger partial charge in [0.1, 0.15) is 30.1 Å². The highest BCUT2D eigenvalue weighted by atomic mass is 32.2. The highest BCUT2D eigenvalue weighted by Crippen LogP contribution is 2.36. The minimum absolute atomic E-state index is 0.179. The van der Waals surface area contributed by atoms with Crippen LogP contribution in [0.15, 0.2) is 18.9 Å². The molecule has 4 heterocycles. The van der Waals surface area contributed by atoms with Gasteiger partial charge in [0, 0.05) is 19.0 Å². The van der Waals surface area contributed by atoms with Gasteiger partial charge in [0.2, 0.25) is 11.3 Å². The SMILES string of the molecule is Nc1ncnc2c1ncn2[C@@H]1O[C@H](C[C@@H](N)CC[C@H](N)C(=O)O)[C@@H](O)[C@H]1OCCc1cnnn1CCOCCOCCOCCNS(=O)O. The Morgan fingerprint density at radius 2 is 1.80 bits per heavy atom. The van der Waals surface area contributed by atoms with Gasteiger partial charge in [-0.3, -0.25) is 13.9 Å². The van der Waals surface area contributed by atoms with Gasteiger partial charge in [-0.05, 0) is 19.3 Å². The molecule has 49 heavy (non-hydrogen) atoms. The highest BCUT2D eigenvalue weighted by molar-refractivity contribution is 7.77. The number of carboxylic acid groups (broad SMARTS) is 1. The van der Waals surface area contributed by atoms with Crippen LogP contribution < -0.4 is 21.9 Å². The smallest absolute Gasteiger partial charge is 0.320 e. The number of carboxylic acids is 1. The molecule has 4 rings (SSSR count). The van der Waals surface area contributed by atoms with E-state index in [9.17, 15) is 14.1 Å². The first-order valence-electron chi connectivity index (χ1n) is 15.7. The van der Waals surface area contributed by atoms with E-state index in [1.807, 2.05) is 0 Å². The number of aliphatic hydroxyl groups is 1. The molecule has 1 unspecified atom stereocenters. The van der Waals surface area contributed by atoms with Gasteiger partial charge in [-0.15, -0.1) is 5.10 Å². The lowest BCUT2D eigenvalue weighted by Crippen LogP contribution is -2.38. The largest absolute Gasteiger partial charge is 0.480 e. The molecule has 7 atom stereocenters. The zero-order valence-electron chi connectivity index (χ0n) is 26.9. The van der Waals surface area contributed by atoms with Gasteiger partial charge in [0.05, 0.1) is 77.1 Å². The zero-order chi connectivity index (χ0) is 35.2.